The summed E-state index contributed by atoms with van der Waals surface area (Å²) in [6.45, 7) is 2.60. The van der Waals surface area contributed by atoms with Crippen LogP contribution in [0.25, 0.3) is 0 Å². The molecule has 0 saturated carbocycles. The lowest BCUT2D eigenvalue weighted by molar-refractivity contribution is 0.972. The molecule has 18 heavy (non-hydrogen) atoms. The molecular formula is C14H18N4. The van der Waals surface area contributed by atoms with Gasteiger partial charge in [0.05, 0.1) is 0 Å². The van der Waals surface area contributed by atoms with Crippen LogP contribution in [0.3, 0.4) is 0 Å². The Hall–Kier alpha value is -1.94. The molecule has 0 aliphatic carbocycles. The molecule has 2 N–H and O–H groups in total. The number of nitrogens with two attached hydrogens (primary N) is 1. The van der Waals surface area contributed by atoms with Crippen LogP contribution in [0.4, 0.5) is 11.5 Å². The minimum Gasteiger partial charge on any atom is -0.329 e. The van der Waals surface area contributed by atoms with Crippen molar-refractivity contribution in [2.75, 3.05) is 11.9 Å². The zero-order valence-electron chi connectivity index (χ0n) is 10.8. The lowest BCUT2D eigenvalue weighted by atomic mass is 10.1. The second kappa shape index (κ2) is 5.60. The van der Waals surface area contributed by atoms with Gasteiger partial charge in [-0.05, 0) is 18.1 Å². The molecule has 0 aliphatic heterocycles. The quantitative estimate of drug-likeness (QED) is 0.893. The molecule has 94 valence electrons. The normalized spacial score (nSPS) is 10.4. The van der Waals surface area contributed by atoms with Gasteiger partial charge < -0.3 is 10.6 Å². The van der Waals surface area contributed by atoms with Gasteiger partial charge in [-0.3, -0.25) is 0 Å². The van der Waals surface area contributed by atoms with Gasteiger partial charge in [0.15, 0.2) is 0 Å². The number of aromatic nitrogens is 2. The highest BCUT2D eigenvalue weighted by molar-refractivity contribution is 5.63. The third kappa shape index (κ3) is 2.49. The van der Waals surface area contributed by atoms with Crippen molar-refractivity contribution in [2.24, 2.45) is 5.73 Å². The Balaban J connectivity index is 2.37. The Labute approximate surface area is 107 Å². The first-order valence-corrected chi connectivity index (χ1v) is 6.09. The Kier molecular flexibility index (Phi) is 3.89. The van der Waals surface area contributed by atoms with E-state index in [0.29, 0.717) is 6.54 Å². The monoisotopic (exact) mass is 242 g/mol. The van der Waals surface area contributed by atoms with Gasteiger partial charge in [-0.25, -0.2) is 9.97 Å². The van der Waals surface area contributed by atoms with Crippen molar-refractivity contribution >= 4 is 11.5 Å². The van der Waals surface area contributed by atoms with Crippen LogP contribution in [-0.4, -0.2) is 17.0 Å². The largest absolute Gasteiger partial charge is 0.329 e. The summed E-state index contributed by atoms with van der Waals surface area (Å²) in [6, 6.07) is 10.1. The lowest BCUT2D eigenvalue weighted by Crippen LogP contribution is -2.15. The molecule has 4 heteroatoms. The van der Waals surface area contributed by atoms with E-state index in [1.807, 2.05) is 36.2 Å². The maximum Gasteiger partial charge on any atom is 0.136 e. The predicted octanol–water partition coefficient (Wildman–Crippen LogP) is 2.27. The van der Waals surface area contributed by atoms with Crippen molar-refractivity contribution in [3.05, 3.63) is 47.9 Å². The van der Waals surface area contributed by atoms with Crippen molar-refractivity contribution in [1.29, 1.82) is 0 Å². The highest BCUT2D eigenvalue weighted by atomic mass is 15.2. The maximum absolute atomic E-state index is 5.76. The van der Waals surface area contributed by atoms with Gasteiger partial charge in [0.2, 0.25) is 0 Å². The summed E-state index contributed by atoms with van der Waals surface area (Å²) in [5.74, 6) is 0.891. The molecule has 0 radical (unpaired) electrons. The van der Waals surface area contributed by atoms with Crippen LogP contribution >= 0.6 is 0 Å². The van der Waals surface area contributed by atoms with Crippen LogP contribution in [0.2, 0.25) is 0 Å². The van der Waals surface area contributed by atoms with E-state index in [9.17, 15) is 0 Å². The van der Waals surface area contributed by atoms with Gasteiger partial charge in [0.25, 0.3) is 0 Å². The maximum atomic E-state index is 5.76. The van der Waals surface area contributed by atoms with E-state index >= 15 is 0 Å². The SMILES string of the molecule is CCc1cc(N(C)c2ccccc2CN)ncn1. The third-order valence-corrected chi connectivity index (χ3v) is 2.99. The first kappa shape index (κ1) is 12.5. The van der Waals surface area contributed by atoms with Crippen LogP contribution in [0.1, 0.15) is 18.2 Å². The lowest BCUT2D eigenvalue weighted by Gasteiger charge is -2.21. The zero-order chi connectivity index (χ0) is 13.0. The van der Waals surface area contributed by atoms with Crippen LogP contribution in [0.15, 0.2) is 36.7 Å². The van der Waals surface area contributed by atoms with Crippen LogP contribution < -0.4 is 10.6 Å². The molecule has 1 heterocycles. The van der Waals surface area contributed by atoms with Gasteiger partial charge in [-0.15, -0.1) is 0 Å². The Morgan fingerprint density at radius 1 is 1.22 bits per heavy atom. The number of rotatable bonds is 4. The topological polar surface area (TPSA) is 55.0 Å². The van der Waals surface area contributed by atoms with Crippen molar-refractivity contribution in [1.82, 2.24) is 9.97 Å². The molecule has 0 bridgehead atoms. The molecule has 0 atom stereocenters. The van der Waals surface area contributed by atoms with Crippen molar-refractivity contribution in [3.8, 4) is 0 Å². The van der Waals surface area contributed by atoms with E-state index in [0.717, 1.165) is 29.2 Å². The molecule has 1 aromatic heterocycles. The fourth-order valence-electron chi connectivity index (χ4n) is 1.90. The second-order valence-corrected chi connectivity index (χ2v) is 4.11. The summed E-state index contributed by atoms with van der Waals surface area (Å²) in [6.07, 6.45) is 2.51. The molecule has 0 aliphatic rings. The van der Waals surface area contributed by atoms with E-state index in [1.165, 1.54) is 0 Å². The van der Waals surface area contributed by atoms with Crippen LogP contribution in [0, 0.1) is 0 Å². The highest BCUT2D eigenvalue weighted by Crippen LogP contribution is 2.25. The minimum absolute atomic E-state index is 0.520. The number of anilines is 2. The molecular weight excluding hydrogens is 224 g/mol. The highest BCUT2D eigenvalue weighted by Gasteiger charge is 2.09. The smallest absolute Gasteiger partial charge is 0.136 e. The Morgan fingerprint density at radius 2 is 2.00 bits per heavy atom. The van der Waals surface area contributed by atoms with E-state index in [1.54, 1.807) is 6.33 Å². The molecule has 4 nitrogen and oxygen atoms in total. The van der Waals surface area contributed by atoms with Gasteiger partial charge in [0, 0.05) is 31.0 Å². The first-order chi connectivity index (χ1) is 8.76. The van der Waals surface area contributed by atoms with Crippen molar-refractivity contribution in [2.45, 2.75) is 19.9 Å². The number of hydrogen-bond donors (Lipinski definition) is 1. The summed E-state index contributed by atoms with van der Waals surface area (Å²) >= 11 is 0. The van der Waals surface area contributed by atoms with Gasteiger partial charge in [0.1, 0.15) is 12.1 Å². The van der Waals surface area contributed by atoms with Crippen LogP contribution in [0.5, 0.6) is 0 Å². The number of aryl methyl sites for hydroxylation is 1. The standard InChI is InChI=1S/C14H18N4/c1-3-12-8-14(17-10-16-12)18(2)13-7-5-4-6-11(13)9-15/h4-8,10H,3,9,15H2,1-2H3. The second-order valence-electron chi connectivity index (χ2n) is 4.11. The van der Waals surface area contributed by atoms with E-state index in [4.69, 9.17) is 5.73 Å². The predicted molar refractivity (Wildman–Crippen MR) is 73.8 cm³/mol. The molecule has 0 saturated heterocycles. The number of nitrogens with zero attached hydrogens (tertiary/aromatic N) is 3. The molecule has 0 amide bonds. The van der Waals surface area contributed by atoms with E-state index in [-0.39, 0.29) is 0 Å². The minimum atomic E-state index is 0.520. The zero-order valence-corrected chi connectivity index (χ0v) is 10.8. The summed E-state index contributed by atoms with van der Waals surface area (Å²) in [5, 5.41) is 0. The summed E-state index contributed by atoms with van der Waals surface area (Å²) in [7, 11) is 2.00. The van der Waals surface area contributed by atoms with Gasteiger partial charge >= 0.3 is 0 Å². The van der Waals surface area contributed by atoms with Gasteiger partial charge in [-0.2, -0.15) is 0 Å². The number of benzene rings is 1. The first-order valence-electron chi connectivity index (χ1n) is 6.09. The molecule has 2 rings (SSSR count). The summed E-state index contributed by atoms with van der Waals surface area (Å²) < 4.78 is 0. The number of hydrogen-bond acceptors (Lipinski definition) is 4. The number of para-hydroxylation sites is 1. The fourth-order valence-corrected chi connectivity index (χ4v) is 1.90. The van der Waals surface area contributed by atoms with E-state index in [2.05, 4.69) is 23.0 Å². The average Bonchev–Trinajstić information content (AvgIpc) is 2.46. The van der Waals surface area contributed by atoms with Crippen molar-refractivity contribution in [3.63, 3.8) is 0 Å². The molecule has 1 aromatic carbocycles. The molecule has 2 aromatic rings. The third-order valence-electron chi connectivity index (χ3n) is 2.99. The molecule has 0 unspecified atom stereocenters. The Morgan fingerprint density at radius 3 is 2.72 bits per heavy atom. The average molecular weight is 242 g/mol. The Bertz CT molecular complexity index is 525. The van der Waals surface area contributed by atoms with Gasteiger partial charge in [-0.1, -0.05) is 25.1 Å². The molecule has 0 fully saturated rings. The van der Waals surface area contributed by atoms with Crippen molar-refractivity contribution < 1.29 is 0 Å². The summed E-state index contributed by atoms with van der Waals surface area (Å²) in [5.41, 5.74) is 8.99. The van der Waals surface area contributed by atoms with Crippen LogP contribution in [-0.2, 0) is 13.0 Å². The van der Waals surface area contributed by atoms with E-state index < -0.39 is 0 Å². The summed E-state index contributed by atoms with van der Waals surface area (Å²) in [4.78, 5) is 10.6. The fraction of sp³-hybridized carbons (Fsp3) is 0.286. The molecule has 0 spiro atoms.